The molecule has 1 fully saturated rings. The van der Waals surface area contributed by atoms with Crippen LogP contribution in [0.2, 0.25) is 0 Å². The molecule has 0 aliphatic heterocycles. The number of tetrazole rings is 1. The largest absolute Gasteiger partial charge is 0.318 e. The van der Waals surface area contributed by atoms with E-state index in [1.165, 1.54) is 29.1 Å². The summed E-state index contributed by atoms with van der Waals surface area (Å²) in [5, 5.41) is 25.2. The molecule has 3 aromatic rings. The predicted molar refractivity (Wildman–Crippen MR) is 109 cm³/mol. The first kappa shape index (κ1) is 20.8. The van der Waals surface area contributed by atoms with Gasteiger partial charge in [-0.15, -0.1) is 5.10 Å². The molecule has 0 unspecified atom stereocenters. The number of aryl methyl sites for hydroxylation is 1. The molecule has 160 valence electrons. The number of nitro benzene ring substituents is 1. The number of hydrogen-bond acceptors (Lipinski definition) is 8. The van der Waals surface area contributed by atoms with Crippen molar-refractivity contribution in [3.8, 4) is 0 Å². The van der Waals surface area contributed by atoms with Crippen molar-refractivity contribution in [3.05, 3.63) is 57.7 Å². The molecule has 4 rings (SSSR count). The number of nitro groups is 1. The molecule has 1 saturated carbocycles. The minimum absolute atomic E-state index is 0.00136. The van der Waals surface area contributed by atoms with Crippen molar-refractivity contribution in [1.82, 2.24) is 25.2 Å². The fourth-order valence-electron chi connectivity index (χ4n) is 3.48. The van der Waals surface area contributed by atoms with Crippen LogP contribution in [0.4, 0.5) is 15.8 Å². The van der Waals surface area contributed by atoms with Crippen molar-refractivity contribution in [1.29, 1.82) is 0 Å². The monoisotopic (exact) mass is 443 g/mol. The van der Waals surface area contributed by atoms with Gasteiger partial charge in [-0.2, -0.15) is 0 Å². The first-order valence-electron chi connectivity index (χ1n) is 9.58. The molecule has 2 aromatic heterocycles. The smallest absolute Gasteiger partial charge is 0.270 e. The van der Waals surface area contributed by atoms with Crippen molar-refractivity contribution in [2.75, 3.05) is 5.32 Å². The summed E-state index contributed by atoms with van der Waals surface area (Å²) in [6.07, 6.45) is 5.44. The normalized spacial score (nSPS) is 14.0. The maximum absolute atomic E-state index is 14.6. The first-order valence-corrected chi connectivity index (χ1v) is 10.4. The van der Waals surface area contributed by atoms with Gasteiger partial charge in [-0.25, -0.2) is 9.07 Å². The van der Waals surface area contributed by atoms with Gasteiger partial charge in [0.2, 0.25) is 5.16 Å². The number of anilines is 1. The minimum atomic E-state index is -0.698. The van der Waals surface area contributed by atoms with Gasteiger partial charge in [-0.05, 0) is 47.2 Å². The molecule has 1 aromatic carbocycles. The number of amides is 1. The number of benzene rings is 1. The van der Waals surface area contributed by atoms with E-state index >= 15 is 0 Å². The van der Waals surface area contributed by atoms with Crippen molar-refractivity contribution >= 4 is 29.0 Å². The zero-order valence-corrected chi connectivity index (χ0v) is 17.3. The van der Waals surface area contributed by atoms with Crippen LogP contribution >= 0.6 is 11.8 Å². The lowest BCUT2D eigenvalue weighted by molar-refractivity contribution is -0.384. The molecule has 1 aliphatic carbocycles. The van der Waals surface area contributed by atoms with Crippen LogP contribution in [0.5, 0.6) is 0 Å². The molecule has 0 saturated heterocycles. The second-order valence-corrected chi connectivity index (χ2v) is 8.16. The number of carbonyl (C=O) groups excluding carboxylic acids is 1. The second kappa shape index (κ2) is 8.76. The van der Waals surface area contributed by atoms with Crippen LogP contribution in [0.3, 0.4) is 0 Å². The number of hydrogen-bond donors (Lipinski definition) is 1. The summed E-state index contributed by atoms with van der Waals surface area (Å²) >= 11 is 1.06. The molecule has 2 heterocycles. The molecule has 31 heavy (non-hydrogen) atoms. The molecule has 1 aliphatic rings. The maximum atomic E-state index is 14.6. The molecule has 12 heteroatoms. The topological polar surface area (TPSA) is 129 Å². The van der Waals surface area contributed by atoms with E-state index in [9.17, 15) is 19.3 Å². The average molecular weight is 443 g/mol. The Morgan fingerprint density at radius 2 is 2.10 bits per heavy atom. The highest BCUT2D eigenvalue weighted by Crippen LogP contribution is 2.34. The number of carbonyl (C=O) groups is 1. The lowest BCUT2D eigenvalue weighted by Gasteiger charge is -2.12. The number of nitrogens with one attached hydrogen (secondary N) is 1. The lowest BCUT2D eigenvalue weighted by atomic mass is 10.0. The van der Waals surface area contributed by atoms with Gasteiger partial charge >= 0.3 is 0 Å². The molecule has 0 radical (unpaired) electrons. The van der Waals surface area contributed by atoms with E-state index in [4.69, 9.17) is 0 Å². The molecule has 1 N–H and O–H groups in total. The molecular formula is C19H18FN7O3S. The summed E-state index contributed by atoms with van der Waals surface area (Å²) in [5.74, 6) is -1.06. The number of aromatic nitrogens is 5. The molecule has 1 amide bonds. The van der Waals surface area contributed by atoms with Crippen LogP contribution in [0.1, 0.15) is 47.7 Å². The summed E-state index contributed by atoms with van der Waals surface area (Å²) in [4.78, 5) is 28.2. The van der Waals surface area contributed by atoms with Gasteiger partial charge in [0.25, 0.3) is 11.6 Å². The van der Waals surface area contributed by atoms with Crippen LogP contribution in [-0.4, -0.2) is 36.0 Å². The molecule has 0 bridgehead atoms. The average Bonchev–Trinajstić information content (AvgIpc) is 3.42. The van der Waals surface area contributed by atoms with Gasteiger partial charge in [0, 0.05) is 35.7 Å². The third-order valence-electron chi connectivity index (χ3n) is 5.10. The van der Waals surface area contributed by atoms with Gasteiger partial charge in [0.1, 0.15) is 5.82 Å². The van der Waals surface area contributed by atoms with Crippen molar-refractivity contribution in [2.24, 2.45) is 7.05 Å². The van der Waals surface area contributed by atoms with E-state index in [2.05, 4.69) is 25.8 Å². The number of rotatable bonds is 6. The first-order chi connectivity index (χ1) is 14.9. The third-order valence-corrected chi connectivity index (χ3v) is 6.20. The Balaban J connectivity index is 1.61. The fourth-order valence-corrected chi connectivity index (χ4v) is 4.32. The zero-order chi connectivity index (χ0) is 22.0. The predicted octanol–water partition coefficient (Wildman–Crippen LogP) is 3.71. The highest BCUT2D eigenvalue weighted by atomic mass is 32.2. The molecule has 0 spiro atoms. The van der Waals surface area contributed by atoms with Crippen LogP contribution in [0, 0.1) is 15.9 Å². The molecule has 0 atom stereocenters. The van der Waals surface area contributed by atoms with Gasteiger partial charge in [0.15, 0.2) is 0 Å². The van der Waals surface area contributed by atoms with Gasteiger partial charge < -0.3 is 5.32 Å². The van der Waals surface area contributed by atoms with Gasteiger partial charge in [0.05, 0.1) is 22.4 Å². The fraction of sp³-hybridized carbons (Fsp3) is 0.316. The third kappa shape index (κ3) is 4.53. The Labute approximate surface area is 180 Å². The van der Waals surface area contributed by atoms with Crippen molar-refractivity contribution in [3.63, 3.8) is 0 Å². The Bertz CT molecular complexity index is 1150. The number of non-ortho nitro benzene ring substituents is 1. The Kier molecular flexibility index (Phi) is 5.89. The van der Waals surface area contributed by atoms with E-state index in [0.717, 1.165) is 43.5 Å². The Morgan fingerprint density at radius 1 is 1.32 bits per heavy atom. The maximum Gasteiger partial charge on any atom is 0.270 e. The quantitative estimate of drug-likeness (QED) is 0.451. The number of halogens is 1. The van der Waals surface area contributed by atoms with Crippen LogP contribution < -0.4 is 5.32 Å². The summed E-state index contributed by atoms with van der Waals surface area (Å²) < 4.78 is 16.0. The van der Waals surface area contributed by atoms with Crippen LogP contribution in [0.25, 0.3) is 0 Å². The Morgan fingerprint density at radius 3 is 2.74 bits per heavy atom. The Hall–Kier alpha value is -3.41. The summed E-state index contributed by atoms with van der Waals surface area (Å²) in [6, 6.07) is 5.20. The molecule has 10 nitrogen and oxygen atoms in total. The van der Waals surface area contributed by atoms with Gasteiger partial charge in [-0.3, -0.25) is 19.9 Å². The SMILES string of the molecule is Cn1nnnc1Sc1ccc([N+](=O)[O-])cc1C(=O)Nc1cnc(C2CCCC2)cc1F. The minimum Gasteiger partial charge on any atom is -0.318 e. The van der Waals surface area contributed by atoms with E-state index in [-0.39, 0.29) is 22.9 Å². The summed E-state index contributed by atoms with van der Waals surface area (Å²) in [6.45, 7) is 0. The highest BCUT2D eigenvalue weighted by Gasteiger charge is 2.22. The lowest BCUT2D eigenvalue weighted by Crippen LogP contribution is -2.15. The van der Waals surface area contributed by atoms with E-state index in [0.29, 0.717) is 15.7 Å². The zero-order valence-electron chi connectivity index (χ0n) is 16.5. The van der Waals surface area contributed by atoms with E-state index < -0.39 is 16.6 Å². The molecular weight excluding hydrogens is 425 g/mol. The standard InChI is InChI=1S/C19H18FN7O3S/c1-26-19(23-24-25-26)31-17-7-6-12(27(29)30)8-13(17)18(28)22-16-10-21-15(9-14(16)20)11-4-2-3-5-11/h6-11H,2-5H2,1H3,(H,22,28). The second-order valence-electron chi connectivity index (χ2n) is 7.15. The van der Waals surface area contributed by atoms with E-state index in [1.807, 2.05) is 0 Å². The van der Waals surface area contributed by atoms with Gasteiger partial charge in [-0.1, -0.05) is 12.8 Å². The van der Waals surface area contributed by atoms with Crippen LogP contribution in [0.15, 0.2) is 40.5 Å². The highest BCUT2D eigenvalue weighted by molar-refractivity contribution is 7.99. The number of pyridine rings is 1. The van der Waals surface area contributed by atoms with Crippen molar-refractivity contribution in [2.45, 2.75) is 41.7 Å². The van der Waals surface area contributed by atoms with Crippen LogP contribution in [-0.2, 0) is 7.05 Å². The van der Waals surface area contributed by atoms with E-state index in [1.54, 1.807) is 7.05 Å². The summed E-state index contributed by atoms with van der Waals surface area (Å²) in [5.41, 5.74) is 0.325. The number of nitrogens with zero attached hydrogens (tertiary/aromatic N) is 6. The summed E-state index contributed by atoms with van der Waals surface area (Å²) in [7, 11) is 1.63. The van der Waals surface area contributed by atoms with Crippen molar-refractivity contribution < 1.29 is 14.1 Å².